The molecule has 0 aliphatic carbocycles. The molecule has 2 N–H and O–H groups in total. The Labute approximate surface area is 134 Å². The first-order valence-electron chi connectivity index (χ1n) is 7.17. The van der Waals surface area contributed by atoms with Crippen LogP contribution in [0.1, 0.15) is 20.8 Å². The molecule has 0 heterocycles. The molecule has 1 amide bonds. The second-order valence-electron chi connectivity index (χ2n) is 4.38. The van der Waals surface area contributed by atoms with Crippen LogP contribution in [-0.2, 0) is 23.9 Å². The van der Waals surface area contributed by atoms with Crippen molar-refractivity contribution < 1.29 is 23.9 Å². The summed E-state index contributed by atoms with van der Waals surface area (Å²) in [6.07, 6.45) is 1.02. The third-order valence-corrected chi connectivity index (χ3v) is 2.55. The minimum absolute atomic E-state index is 0.0805. The van der Waals surface area contributed by atoms with Crippen molar-refractivity contribution in [2.24, 2.45) is 0 Å². The van der Waals surface area contributed by atoms with E-state index in [0.29, 0.717) is 11.4 Å². The zero-order valence-electron chi connectivity index (χ0n) is 13.3. The minimum atomic E-state index is -0.696. The molecule has 0 aliphatic rings. The summed E-state index contributed by atoms with van der Waals surface area (Å²) in [5.74, 6) is -1.62. The zero-order valence-corrected chi connectivity index (χ0v) is 13.3. The van der Waals surface area contributed by atoms with E-state index in [1.165, 1.54) is 6.92 Å². The van der Waals surface area contributed by atoms with E-state index >= 15 is 0 Å². The van der Waals surface area contributed by atoms with Gasteiger partial charge in [-0.25, -0.2) is 9.59 Å². The molecule has 23 heavy (non-hydrogen) atoms. The molecule has 0 bridgehead atoms. The number of hydrogen-bond donors (Lipinski definition) is 2. The van der Waals surface area contributed by atoms with Gasteiger partial charge in [-0.1, -0.05) is 12.1 Å². The highest BCUT2D eigenvalue weighted by atomic mass is 16.5. The fourth-order valence-corrected chi connectivity index (χ4v) is 1.69. The van der Waals surface area contributed by atoms with Gasteiger partial charge in [0.05, 0.1) is 30.7 Å². The molecular weight excluding hydrogens is 300 g/mol. The molecule has 124 valence electrons. The molecule has 7 heteroatoms. The van der Waals surface area contributed by atoms with E-state index in [1.54, 1.807) is 38.1 Å². The summed E-state index contributed by atoms with van der Waals surface area (Å²) in [7, 11) is 0. The summed E-state index contributed by atoms with van der Waals surface area (Å²) in [5.41, 5.74) is 0.841. The fourth-order valence-electron chi connectivity index (χ4n) is 1.69. The van der Waals surface area contributed by atoms with Crippen molar-refractivity contribution in [3.8, 4) is 0 Å². The molecule has 1 rings (SSSR count). The lowest BCUT2D eigenvalue weighted by atomic mass is 10.2. The molecule has 1 aromatic rings. The molecule has 7 nitrogen and oxygen atoms in total. The summed E-state index contributed by atoms with van der Waals surface area (Å²) >= 11 is 0. The zero-order chi connectivity index (χ0) is 17.2. The van der Waals surface area contributed by atoms with E-state index in [0.717, 1.165) is 6.08 Å². The molecule has 0 aliphatic heterocycles. The smallest absolute Gasteiger partial charge is 0.355 e. The summed E-state index contributed by atoms with van der Waals surface area (Å²) in [4.78, 5) is 34.8. The van der Waals surface area contributed by atoms with Crippen LogP contribution in [0.15, 0.2) is 36.0 Å². The van der Waals surface area contributed by atoms with E-state index in [-0.39, 0.29) is 24.8 Å². The van der Waals surface area contributed by atoms with Gasteiger partial charge in [0, 0.05) is 6.92 Å². The Bertz CT molecular complexity index is 610. The van der Waals surface area contributed by atoms with E-state index in [1.807, 2.05) is 0 Å². The van der Waals surface area contributed by atoms with Crippen LogP contribution in [0.5, 0.6) is 0 Å². The Morgan fingerprint density at radius 3 is 2.09 bits per heavy atom. The molecule has 1 aromatic carbocycles. The van der Waals surface area contributed by atoms with Crippen LogP contribution in [0.25, 0.3) is 0 Å². The standard InChI is InChI=1S/C16H20N2O5/c1-4-22-15(20)10-14(16(21)23-5-2)18-13-9-7-6-8-12(13)17-11(3)19/h6-10,18H,4-5H2,1-3H3,(H,17,19)/b14-10-. The Balaban J connectivity index is 3.08. The number of benzene rings is 1. The van der Waals surface area contributed by atoms with Crippen molar-refractivity contribution in [3.63, 3.8) is 0 Å². The van der Waals surface area contributed by atoms with Crippen LogP contribution in [0.4, 0.5) is 11.4 Å². The van der Waals surface area contributed by atoms with Gasteiger partial charge in [0.25, 0.3) is 0 Å². The first-order chi connectivity index (χ1) is 11.0. The second kappa shape index (κ2) is 9.24. The largest absolute Gasteiger partial charge is 0.463 e. The number of nitrogens with one attached hydrogen (secondary N) is 2. The molecule has 0 atom stereocenters. The van der Waals surface area contributed by atoms with Crippen LogP contribution in [0, 0.1) is 0 Å². The van der Waals surface area contributed by atoms with Crippen molar-refractivity contribution in [2.75, 3.05) is 23.8 Å². The number of anilines is 2. The average molecular weight is 320 g/mol. The maximum atomic E-state index is 12.0. The SMILES string of the molecule is CCOC(=O)/C=C(\Nc1ccccc1NC(C)=O)C(=O)OCC. The fraction of sp³-hybridized carbons (Fsp3) is 0.312. The van der Waals surface area contributed by atoms with Gasteiger partial charge in [-0.15, -0.1) is 0 Å². The van der Waals surface area contributed by atoms with Gasteiger partial charge in [-0.2, -0.15) is 0 Å². The maximum Gasteiger partial charge on any atom is 0.355 e. The van der Waals surface area contributed by atoms with Gasteiger partial charge >= 0.3 is 11.9 Å². The van der Waals surface area contributed by atoms with Crippen molar-refractivity contribution in [3.05, 3.63) is 36.0 Å². The van der Waals surface area contributed by atoms with Gasteiger partial charge in [0.2, 0.25) is 5.91 Å². The number of carbonyl (C=O) groups excluding carboxylic acids is 3. The van der Waals surface area contributed by atoms with Crippen LogP contribution in [0.2, 0.25) is 0 Å². The molecule has 0 aromatic heterocycles. The molecular formula is C16H20N2O5. The Morgan fingerprint density at radius 1 is 1.00 bits per heavy atom. The Kier molecular flexibility index (Phi) is 7.32. The summed E-state index contributed by atoms with van der Waals surface area (Å²) in [5, 5.41) is 5.43. The molecule has 0 saturated heterocycles. The second-order valence-corrected chi connectivity index (χ2v) is 4.38. The van der Waals surface area contributed by atoms with Gasteiger partial charge < -0.3 is 20.1 Å². The number of amides is 1. The number of carbonyl (C=O) groups is 3. The number of esters is 2. The van der Waals surface area contributed by atoms with Gasteiger partial charge in [0.1, 0.15) is 5.70 Å². The first-order valence-corrected chi connectivity index (χ1v) is 7.17. The number of para-hydroxylation sites is 2. The van der Waals surface area contributed by atoms with Crippen molar-refractivity contribution >= 4 is 29.2 Å². The molecule has 0 spiro atoms. The quantitative estimate of drug-likeness (QED) is 0.590. The highest BCUT2D eigenvalue weighted by molar-refractivity contribution is 6.00. The minimum Gasteiger partial charge on any atom is -0.463 e. The monoisotopic (exact) mass is 320 g/mol. The number of ether oxygens (including phenoxy) is 2. The number of rotatable bonds is 7. The third-order valence-electron chi connectivity index (χ3n) is 2.55. The van der Waals surface area contributed by atoms with Crippen LogP contribution >= 0.6 is 0 Å². The normalized spacial score (nSPS) is 10.7. The van der Waals surface area contributed by atoms with E-state index in [2.05, 4.69) is 10.6 Å². The number of hydrogen-bond acceptors (Lipinski definition) is 6. The van der Waals surface area contributed by atoms with Gasteiger partial charge in [0.15, 0.2) is 0 Å². The van der Waals surface area contributed by atoms with Crippen molar-refractivity contribution in [2.45, 2.75) is 20.8 Å². The summed E-state index contributed by atoms with van der Waals surface area (Å²) < 4.78 is 9.71. The third kappa shape index (κ3) is 6.21. The van der Waals surface area contributed by atoms with E-state index in [4.69, 9.17) is 9.47 Å². The predicted octanol–water partition coefficient (Wildman–Crippen LogP) is 2.07. The Morgan fingerprint density at radius 2 is 1.57 bits per heavy atom. The average Bonchev–Trinajstić information content (AvgIpc) is 2.48. The molecule has 0 fully saturated rings. The van der Waals surface area contributed by atoms with Gasteiger partial charge in [-0.05, 0) is 26.0 Å². The van der Waals surface area contributed by atoms with Gasteiger partial charge in [-0.3, -0.25) is 4.79 Å². The summed E-state index contributed by atoms with van der Waals surface area (Å²) in [6, 6.07) is 6.77. The predicted molar refractivity (Wildman–Crippen MR) is 85.7 cm³/mol. The van der Waals surface area contributed by atoms with Crippen molar-refractivity contribution in [1.82, 2.24) is 0 Å². The van der Waals surface area contributed by atoms with Crippen LogP contribution < -0.4 is 10.6 Å². The topological polar surface area (TPSA) is 93.7 Å². The lowest BCUT2D eigenvalue weighted by Crippen LogP contribution is -2.18. The lowest BCUT2D eigenvalue weighted by molar-refractivity contribution is -0.140. The van der Waals surface area contributed by atoms with Crippen LogP contribution in [0.3, 0.4) is 0 Å². The van der Waals surface area contributed by atoms with E-state index < -0.39 is 11.9 Å². The highest BCUT2D eigenvalue weighted by Crippen LogP contribution is 2.23. The summed E-state index contributed by atoms with van der Waals surface area (Å²) in [6.45, 7) is 5.04. The lowest BCUT2D eigenvalue weighted by Gasteiger charge is -2.14. The molecule has 0 radical (unpaired) electrons. The molecule has 0 unspecified atom stereocenters. The Hall–Kier alpha value is -2.83. The van der Waals surface area contributed by atoms with Crippen LogP contribution in [-0.4, -0.2) is 31.1 Å². The molecule has 0 saturated carbocycles. The van der Waals surface area contributed by atoms with E-state index in [9.17, 15) is 14.4 Å². The first kappa shape index (κ1) is 18.2. The van der Waals surface area contributed by atoms with Crippen molar-refractivity contribution in [1.29, 1.82) is 0 Å². The maximum absolute atomic E-state index is 12.0. The highest BCUT2D eigenvalue weighted by Gasteiger charge is 2.15.